The van der Waals surface area contributed by atoms with Gasteiger partial charge in [0.25, 0.3) is 0 Å². The smallest absolute Gasteiger partial charge is 0.328 e. The van der Waals surface area contributed by atoms with Gasteiger partial charge >= 0.3 is 5.97 Å². The molecule has 0 unspecified atom stereocenters. The van der Waals surface area contributed by atoms with Crippen molar-refractivity contribution in [2.75, 3.05) is 26.2 Å². The van der Waals surface area contributed by atoms with E-state index in [2.05, 4.69) is 16.0 Å². The molecule has 6 rings (SSSR count). The van der Waals surface area contributed by atoms with Gasteiger partial charge in [0.15, 0.2) is 0 Å². The van der Waals surface area contributed by atoms with Gasteiger partial charge in [-0.3, -0.25) is 28.8 Å². The molecule has 300 valence electrons. The first-order valence-corrected chi connectivity index (χ1v) is 20.1. The van der Waals surface area contributed by atoms with Crippen LogP contribution in [0.25, 0.3) is 0 Å². The molecule has 0 radical (unpaired) electrons. The highest BCUT2D eigenvalue weighted by Crippen LogP contribution is 2.28. The van der Waals surface area contributed by atoms with E-state index in [0.717, 1.165) is 17.5 Å². The number of amides is 6. The van der Waals surface area contributed by atoms with Crippen molar-refractivity contribution < 1.29 is 38.3 Å². The van der Waals surface area contributed by atoms with Gasteiger partial charge in [0, 0.05) is 32.5 Å². The van der Waals surface area contributed by atoms with Crippen molar-refractivity contribution in [3.8, 4) is 0 Å². The lowest BCUT2D eigenvalue weighted by Gasteiger charge is -2.39. The van der Waals surface area contributed by atoms with Gasteiger partial charge in [-0.1, -0.05) is 67.6 Å². The molecule has 0 bridgehead atoms. The Morgan fingerprint density at radius 3 is 2.18 bits per heavy atom. The van der Waals surface area contributed by atoms with Crippen LogP contribution in [0.3, 0.4) is 0 Å². The number of hydrogen-bond donors (Lipinski definition) is 3. The molecule has 14 heteroatoms. The molecular formula is C42H54N6O8. The number of hydrogen-bond acceptors (Lipinski definition) is 8. The zero-order valence-corrected chi connectivity index (χ0v) is 32.3. The second-order valence-corrected chi connectivity index (χ2v) is 15.7. The molecule has 4 saturated heterocycles. The standard InChI is InChI=1S/C42H54N6O8/c1-27-23-35-42(55)56-26-32(45-37(50)31(24-30-15-7-4-8-16-30)44-36(49)20-11-17-29-13-5-3-6-14-29)40(53)47-22-12-19-34(47)41(54)46-21-10-9-18-33(46)38(51)43-28(2)39(52)48(35)25-27/h3-8,13-16,27-28,31-35H,9-12,17-26H2,1-2H3,(H,43,51)(H,44,49)(H,45,50)/t27-,28+,31+,32+,33+,34+,35+/m1/s1. The summed E-state index contributed by atoms with van der Waals surface area (Å²) in [6.07, 6.45) is 4.58. The largest absolute Gasteiger partial charge is 0.461 e. The van der Waals surface area contributed by atoms with E-state index >= 15 is 0 Å². The molecule has 2 aromatic carbocycles. The average Bonchev–Trinajstić information content (AvgIpc) is 3.86. The Kier molecular flexibility index (Phi) is 13.4. The van der Waals surface area contributed by atoms with Crippen LogP contribution in [0.15, 0.2) is 60.7 Å². The minimum Gasteiger partial charge on any atom is -0.461 e. The minimum atomic E-state index is -1.40. The first-order chi connectivity index (χ1) is 27.0. The van der Waals surface area contributed by atoms with Gasteiger partial charge in [-0.25, -0.2) is 4.79 Å². The van der Waals surface area contributed by atoms with E-state index in [-0.39, 0.29) is 43.7 Å². The first-order valence-electron chi connectivity index (χ1n) is 20.1. The van der Waals surface area contributed by atoms with Gasteiger partial charge in [0.1, 0.15) is 42.9 Å². The van der Waals surface area contributed by atoms with Gasteiger partial charge in [0.05, 0.1) is 0 Å². The summed E-state index contributed by atoms with van der Waals surface area (Å²) >= 11 is 0. The van der Waals surface area contributed by atoms with E-state index in [9.17, 15) is 33.6 Å². The van der Waals surface area contributed by atoms with Crippen LogP contribution in [-0.2, 0) is 51.1 Å². The van der Waals surface area contributed by atoms with Crippen molar-refractivity contribution in [1.82, 2.24) is 30.7 Å². The topological polar surface area (TPSA) is 175 Å². The maximum absolute atomic E-state index is 14.5. The van der Waals surface area contributed by atoms with Crippen LogP contribution >= 0.6 is 0 Å². The van der Waals surface area contributed by atoms with Crippen molar-refractivity contribution in [3.63, 3.8) is 0 Å². The fraction of sp³-hybridized carbons (Fsp3) is 0.548. The molecule has 4 aliphatic rings. The van der Waals surface area contributed by atoms with Gasteiger partial charge in [-0.05, 0) is 75.3 Å². The predicted octanol–water partition coefficient (Wildman–Crippen LogP) is 1.89. The fourth-order valence-electron chi connectivity index (χ4n) is 8.41. The van der Waals surface area contributed by atoms with E-state index in [1.54, 1.807) is 6.92 Å². The summed E-state index contributed by atoms with van der Waals surface area (Å²) in [5, 5.41) is 8.45. The fourth-order valence-corrected chi connectivity index (χ4v) is 8.41. The number of ether oxygens (including phenoxy) is 1. The van der Waals surface area contributed by atoms with Crippen molar-refractivity contribution in [1.29, 1.82) is 0 Å². The monoisotopic (exact) mass is 770 g/mol. The van der Waals surface area contributed by atoms with Gasteiger partial charge in [-0.15, -0.1) is 0 Å². The Morgan fingerprint density at radius 2 is 1.45 bits per heavy atom. The van der Waals surface area contributed by atoms with Gasteiger partial charge in [0.2, 0.25) is 35.4 Å². The number of esters is 1. The Hall–Kier alpha value is -5.27. The molecule has 56 heavy (non-hydrogen) atoms. The van der Waals surface area contributed by atoms with Crippen molar-refractivity contribution >= 4 is 41.4 Å². The summed E-state index contributed by atoms with van der Waals surface area (Å²) < 4.78 is 5.76. The average molecular weight is 771 g/mol. The maximum atomic E-state index is 14.5. The molecule has 6 amide bonds. The number of cyclic esters (lactones) is 1. The lowest BCUT2D eigenvalue weighted by molar-refractivity contribution is -0.158. The molecule has 0 spiro atoms. The third kappa shape index (κ3) is 9.75. The van der Waals surface area contributed by atoms with Crippen LogP contribution in [0.5, 0.6) is 0 Å². The highest BCUT2D eigenvalue weighted by atomic mass is 16.5. The van der Waals surface area contributed by atoms with Crippen molar-refractivity contribution in [2.45, 2.75) is 114 Å². The Bertz CT molecular complexity index is 1760. The van der Waals surface area contributed by atoms with E-state index in [1.165, 1.54) is 14.7 Å². The molecule has 3 N–H and O–H groups in total. The zero-order chi connectivity index (χ0) is 39.8. The van der Waals surface area contributed by atoms with E-state index in [1.807, 2.05) is 67.6 Å². The lowest BCUT2D eigenvalue weighted by Crippen LogP contribution is -2.62. The van der Waals surface area contributed by atoms with Crippen LogP contribution in [0.4, 0.5) is 0 Å². The molecule has 0 aliphatic carbocycles. The normalized spacial score (nSPS) is 26.8. The molecule has 4 fully saturated rings. The van der Waals surface area contributed by atoms with Crippen LogP contribution in [0.2, 0.25) is 0 Å². The molecule has 0 aromatic heterocycles. The first kappa shape index (κ1) is 40.4. The summed E-state index contributed by atoms with van der Waals surface area (Å²) in [5.74, 6) is -3.63. The third-order valence-corrected chi connectivity index (χ3v) is 11.4. The summed E-state index contributed by atoms with van der Waals surface area (Å²) in [6, 6.07) is 12.9. The van der Waals surface area contributed by atoms with E-state index in [0.29, 0.717) is 51.5 Å². The number of aryl methyl sites for hydroxylation is 1. The van der Waals surface area contributed by atoms with Crippen LogP contribution in [-0.4, -0.2) is 119 Å². The van der Waals surface area contributed by atoms with Gasteiger partial charge in [-0.2, -0.15) is 0 Å². The number of benzene rings is 2. The number of carbonyl (C=O) groups excluding carboxylic acids is 7. The molecule has 0 saturated carbocycles. The van der Waals surface area contributed by atoms with Crippen molar-refractivity contribution in [3.05, 3.63) is 71.8 Å². The lowest BCUT2D eigenvalue weighted by atomic mass is 9.99. The number of rotatable bonds is 9. The third-order valence-electron chi connectivity index (χ3n) is 11.4. The molecule has 14 nitrogen and oxygen atoms in total. The van der Waals surface area contributed by atoms with E-state index < -0.39 is 72.5 Å². The number of nitrogens with zero attached hydrogens (tertiary/aromatic N) is 3. The van der Waals surface area contributed by atoms with Crippen molar-refractivity contribution in [2.24, 2.45) is 5.92 Å². The molecule has 2 aromatic rings. The Morgan fingerprint density at radius 1 is 0.786 bits per heavy atom. The highest BCUT2D eigenvalue weighted by molar-refractivity contribution is 5.97. The second-order valence-electron chi connectivity index (χ2n) is 15.7. The van der Waals surface area contributed by atoms with Gasteiger partial charge < -0.3 is 35.4 Å². The predicted molar refractivity (Wildman–Crippen MR) is 205 cm³/mol. The molecule has 4 heterocycles. The van der Waals surface area contributed by atoms with E-state index in [4.69, 9.17) is 4.74 Å². The number of piperidine rings is 1. The summed E-state index contributed by atoms with van der Waals surface area (Å²) in [6.45, 7) is 3.76. The number of carbonyl (C=O) groups is 7. The quantitative estimate of drug-likeness (QED) is 0.325. The van der Waals surface area contributed by atoms with Crippen LogP contribution < -0.4 is 16.0 Å². The number of fused-ring (bicyclic) bond motifs is 3. The molecule has 7 atom stereocenters. The maximum Gasteiger partial charge on any atom is 0.328 e. The number of nitrogens with one attached hydrogen (secondary N) is 3. The summed E-state index contributed by atoms with van der Waals surface area (Å²) in [5.41, 5.74) is 1.88. The zero-order valence-electron chi connectivity index (χ0n) is 32.3. The Balaban J connectivity index is 1.26. The van der Waals surface area contributed by atoms with Crippen LogP contribution in [0.1, 0.15) is 76.3 Å². The molecular weight excluding hydrogens is 716 g/mol. The SMILES string of the molecule is C[C@@H]1C[C@H]2C(=O)OC[C@H](NC(=O)[C@H](Cc3ccccc3)NC(=O)CCCc3ccccc3)C(=O)N3CCC[C@H]3C(=O)N3CCCC[C@H]3C(=O)N[C@@H](C)C(=O)N2C1. The minimum absolute atomic E-state index is 0.0366. The highest BCUT2D eigenvalue weighted by Gasteiger charge is 2.46. The Labute approximate surface area is 328 Å². The summed E-state index contributed by atoms with van der Waals surface area (Å²) in [7, 11) is 0. The second kappa shape index (κ2) is 18.6. The molecule has 4 aliphatic heterocycles. The van der Waals surface area contributed by atoms with Crippen LogP contribution in [0, 0.1) is 5.92 Å². The summed E-state index contributed by atoms with van der Waals surface area (Å²) in [4.78, 5) is 102.